The van der Waals surface area contributed by atoms with Gasteiger partial charge in [-0.05, 0) is 29.9 Å². The third kappa shape index (κ3) is 4.45. The predicted molar refractivity (Wildman–Crippen MR) is 140 cm³/mol. The van der Waals surface area contributed by atoms with Crippen molar-refractivity contribution in [3.8, 4) is 22.9 Å². The van der Waals surface area contributed by atoms with E-state index in [1.807, 2.05) is 12.1 Å². The van der Waals surface area contributed by atoms with Crippen molar-refractivity contribution in [2.24, 2.45) is 7.05 Å². The first kappa shape index (κ1) is 25.6. The first-order valence-corrected chi connectivity index (χ1v) is 12.1. The van der Waals surface area contributed by atoms with Gasteiger partial charge >= 0.3 is 5.95 Å². The fourth-order valence-corrected chi connectivity index (χ4v) is 4.98. The van der Waals surface area contributed by atoms with Crippen molar-refractivity contribution in [1.29, 1.82) is 0 Å². The topological polar surface area (TPSA) is 13.7 Å². The Morgan fingerprint density at radius 3 is 2.17 bits per heavy atom. The second kappa shape index (κ2) is 10.2. The quantitative estimate of drug-likeness (QED) is 0.169. The zero-order valence-electron chi connectivity index (χ0n) is 21.5. The molecule has 35 heavy (non-hydrogen) atoms. The Morgan fingerprint density at radius 1 is 0.857 bits per heavy atom. The summed E-state index contributed by atoms with van der Waals surface area (Å²) in [5, 5.41) is 1.11. The first-order chi connectivity index (χ1) is 16.4. The number of aromatic nitrogens is 3. The van der Waals surface area contributed by atoms with Crippen molar-refractivity contribution >= 4 is 10.9 Å². The van der Waals surface area contributed by atoms with Crippen LogP contribution >= 0.6 is 0 Å². The van der Waals surface area contributed by atoms with Crippen LogP contribution in [0, 0.1) is 19.1 Å². The molecule has 3 nitrogen and oxygen atoms in total. The third-order valence-corrected chi connectivity index (χ3v) is 6.66. The molecule has 0 aliphatic heterocycles. The average molecular weight is 536 g/mol. The average Bonchev–Trinajstić information content (AvgIpc) is 3.39. The number of imidazole rings is 1. The molecule has 0 bridgehead atoms. The van der Waals surface area contributed by atoms with Crippen LogP contribution in [0.5, 0.6) is 0 Å². The Kier molecular flexibility index (Phi) is 7.50. The molecule has 0 aliphatic rings. The molecule has 0 spiro atoms. The van der Waals surface area contributed by atoms with Crippen LogP contribution in [0.1, 0.15) is 56.2 Å². The van der Waals surface area contributed by atoms with E-state index >= 15 is 0 Å². The number of fused-ring (bicyclic) bond motifs is 1. The molecule has 0 atom stereocenters. The summed E-state index contributed by atoms with van der Waals surface area (Å²) >= 11 is 0. The number of nitrogens with zero attached hydrogens (tertiary/aromatic N) is 3. The first-order valence-electron chi connectivity index (χ1n) is 12.1. The molecule has 2 aromatic heterocycles. The van der Waals surface area contributed by atoms with Crippen LogP contribution in [0.4, 0.5) is 0 Å². The normalized spacial score (nSPS) is 11.4. The van der Waals surface area contributed by atoms with Gasteiger partial charge in [0.1, 0.15) is 11.9 Å². The van der Waals surface area contributed by atoms with Gasteiger partial charge in [0.15, 0.2) is 0 Å². The van der Waals surface area contributed by atoms with E-state index in [-0.39, 0.29) is 32.7 Å². The fourth-order valence-electron chi connectivity index (χ4n) is 4.98. The van der Waals surface area contributed by atoms with Crippen molar-refractivity contribution in [2.45, 2.75) is 46.5 Å². The summed E-state index contributed by atoms with van der Waals surface area (Å²) in [7, 11) is 2.13. The van der Waals surface area contributed by atoms with E-state index in [0.29, 0.717) is 11.8 Å². The van der Waals surface area contributed by atoms with E-state index in [1.165, 1.54) is 27.9 Å². The summed E-state index contributed by atoms with van der Waals surface area (Å²) in [6, 6.07) is 28.5. The molecular weight excluding hydrogens is 503 g/mol. The molecule has 175 valence electrons. The maximum Gasteiger partial charge on any atom is 0.356 e. The van der Waals surface area contributed by atoms with Gasteiger partial charge in [-0.1, -0.05) is 63.2 Å². The molecule has 0 unspecified atom stereocenters. The van der Waals surface area contributed by atoms with Crippen LogP contribution in [0.3, 0.4) is 0 Å². The zero-order chi connectivity index (χ0) is 24.0. The summed E-state index contributed by atoms with van der Waals surface area (Å²) in [4.78, 5) is 0. The van der Waals surface area contributed by atoms with Crippen LogP contribution in [0.25, 0.3) is 33.8 Å². The van der Waals surface area contributed by atoms with Crippen molar-refractivity contribution in [1.82, 2.24) is 9.13 Å². The van der Waals surface area contributed by atoms with E-state index in [1.54, 1.807) is 0 Å². The minimum atomic E-state index is 0. The fraction of sp³-hybridized carbons (Fsp3) is 0.258. The van der Waals surface area contributed by atoms with E-state index < -0.39 is 0 Å². The summed E-state index contributed by atoms with van der Waals surface area (Å²) in [6.07, 6.45) is 4.35. The molecule has 0 aliphatic carbocycles. The maximum atomic E-state index is 3.70. The van der Waals surface area contributed by atoms with E-state index in [9.17, 15) is 0 Å². The second-order valence-corrected chi connectivity index (χ2v) is 9.73. The third-order valence-electron chi connectivity index (χ3n) is 6.66. The molecular formula is C31H32N3Y-. The number of hydrogen-bond acceptors (Lipinski definition) is 0. The van der Waals surface area contributed by atoms with Crippen molar-refractivity contribution < 1.29 is 37.3 Å². The largest absolute Gasteiger partial charge is 0.356 e. The molecule has 4 heteroatoms. The monoisotopic (exact) mass is 535 g/mol. The maximum absolute atomic E-state index is 3.70. The van der Waals surface area contributed by atoms with Crippen molar-refractivity contribution in [2.75, 3.05) is 0 Å². The summed E-state index contributed by atoms with van der Waals surface area (Å²) in [5.41, 5.74) is 8.45. The zero-order valence-corrected chi connectivity index (χ0v) is 24.3. The molecule has 0 amide bonds. The van der Waals surface area contributed by atoms with Crippen LogP contribution in [-0.2, 0) is 39.8 Å². The number of aryl methyl sites for hydroxylation is 2. The molecule has 0 fully saturated rings. The molecule has 5 aromatic rings. The standard InChI is InChI=1S/C31H32N3.Y/c1-21(2)26-16-11-17-27(22(3)4)30(26)33-19-18-32(6)31(33)34-28(24-13-8-7-9-14-24)20-25-15-10-12-23(5)29(25)34;/h7-13,15-19,21-22H,1-6H3;/q-1;. The summed E-state index contributed by atoms with van der Waals surface area (Å²) in [6.45, 7) is 11.3. The van der Waals surface area contributed by atoms with Gasteiger partial charge in [0.05, 0.1) is 13.2 Å². The Bertz CT molecular complexity index is 1450. The molecule has 0 saturated heterocycles. The minimum absolute atomic E-state index is 0. The van der Waals surface area contributed by atoms with Gasteiger partial charge in [0, 0.05) is 38.2 Å². The van der Waals surface area contributed by atoms with Crippen LogP contribution in [-0.4, -0.2) is 9.13 Å². The summed E-state index contributed by atoms with van der Waals surface area (Å²) < 4.78 is 6.95. The summed E-state index contributed by atoms with van der Waals surface area (Å²) in [5.74, 6) is 1.90. The van der Waals surface area contributed by atoms with Gasteiger partial charge in [-0.2, -0.15) is 35.9 Å². The number of hydrogen-bond donors (Lipinski definition) is 0. The van der Waals surface area contributed by atoms with E-state index in [0.717, 1.165) is 22.6 Å². The molecule has 5 rings (SSSR count). The smallest absolute Gasteiger partial charge is 0.296 e. The molecule has 0 saturated carbocycles. The van der Waals surface area contributed by atoms with Gasteiger partial charge in [-0.3, -0.25) is 4.57 Å². The van der Waals surface area contributed by atoms with Crippen LogP contribution in [0.15, 0.2) is 73.1 Å². The Hall–Kier alpha value is -2.49. The Labute approximate surface area is 234 Å². The van der Waals surface area contributed by atoms with Gasteiger partial charge in [-0.15, -0.1) is 23.6 Å². The van der Waals surface area contributed by atoms with Crippen LogP contribution in [0.2, 0.25) is 0 Å². The molecule has 0 N–H and O–H groups in total. The number of rotatable bonds is 5. The molecule has 3 aromatic carbocycles. The SMILES string of the molecule is Cc1cccc2[c-]c(-c3[c-]cccc3)n(-c3n(-c4c(C(C)C)cccc4C(C)C)cc[n+]3C)c12.[Y]. The number of benzene rings is 3. The van der Waals surface area contributed by atoms with E-state index in [2.05, 4.69) is 128 Å². The Balaban J connectivity index is 0.00000289. The van der Waals surface area contributed by atoms with E-state index in [4.69, 9.17) is 0 Å². The van der Waals surface area contributed by atoms with Crippen molar-refractivity contribution in [3.05, 3.63) is 102 Å². The van der Waals surface area contributed by atoms with Gasteiger partial charge < -0.3 is 0 Å². The van der Waals surface area contributed by atoms with Gasteiger partial charge in [0.2, 0.25) is 0 Å². The molecule has 1 radical (unpaired) electrons. The van der Waals surface area contributed by atoms with Gasteiger partial charge in [-0.25, -0.2) is 9.13 Å². The van der Waals surface area contributed by atoms with Crippen molar-refractivity contribution in [3.63, 3.8) is 0 Å². The number of para-hydroxylation sites is 2. The minimum Gasteiger partial charge on any atom is -0.296 e. The van der Waals surface area contributed by atoms with Crippen LogP contribution < -0.4 is 4.57 Å². The van der Waals surface area contributed by atoms with Gasteiger partial charge in [0.25, 0.3) is 0 Å². The molecule has 2 heterocycles. The predicted octanol–water partition coefficient (Wildman–Crippen LogP) is 7.07. The Morgan fingerprint density at radius 2 is 1.54 bits per heavy atom. The second-order valence-electron chi connectivity index (χ2n) is 9.73.